The Morgan fingerprint density at radius 2 is 2.00 bits per heavy atom. The second-order valence-corrected chi connectivity index (χ2v) is 3.33. The van der Waals surface area contributed by atoms with Gasteiger partial charge in [0, 0.05) is 5.69 Å². The number of hydrogen-bond donors (Lipinski definition) is 1. The number of hydrogen-bond acceptors (Lipinski definition) is 2. The number of nitrogens with one attached hydrogen (secondary N) is 1. The van der Waals surface area contributed by atoms with Crippen LogP contribution in [0.25, 0.3) is 0 Å². The van der Waals surface area contributed by atoms with E-state index in [0.717, 1.165) is 5.56 Å². The zero-order valence-corrected chi connectivity index (χ0v) is 9.17. The highest BCUT2D eigenvalue weighted by Crippen LogP contribution is 2.17. The number of para-hydroxylation sites is 1. The van der Waals surface area contributed by atoms with Gasteiger partial charge in [0.2, 0.25) is 0 Å². The van der Waals surface area contributed by atoms with Gasteiger partial charge in [0.1, 0.15) is 0 Å². The maximum atomic E-state index is 11.8. The molecule has 0 heterocycles. The van der Waals surface area contributed by atoms with Crippen LogP contribution in [0.5, 0.6) is 0 Å². The maximum Gasteiger partial charge on any atom is 0.422 e. The summed E-state index contributed by atoms with van der Waals surface area (Å²) in [6.07, 6.45) is -4.96. The van der Waals surface area contributed by atoms with Gasteiger partial charge in [-0.2, -0.15) is 13.2 Å². The van der Waals surface area contributed by atoms with Gasteiger partial charge >= 0.3 is 12.3 Å². The van der Waals surface area contributed by atoms with E-state index in [1.807, 2.05) is 6.92 Å². The van der Waals surface area contributed by atoms with Crippen LogP contribution in [0.15, 0.2) is 24.3 Å². The van der Waals surface area contributed by atoms with E-state index in [-0.39, 0.29) is 0 Å². The lowest BCUT2D eigenvalue weighted by Gasteiger charge is -2.11. The number of alkyl halides is 3. The van der Waals surface area contributed by atoms with Crippen molar-refractivity contribution in [1.82, 2.24) is 0 Å². The van der Waals surface area contributed by atoms with Gasteiger partial charge in [0.05, 0.1) is 0 Å². The van der Waals surface area contributed by atoms with Crippen LogP contribution in [0, 0.1) is 0 Å². The average molecular weight is 247 g/mol. The highest BCUT2D eigenvalue weighted by atomic mass is 19.4. The summed E-state index contributed by atoms with van der Waals surface area (Å²) in [5.41, 5.74) is 1.29. The van der Waals surface area contributed by atoms with Crippen molar-refractivity contribution in [2.24, 2.45) is 0 Å². The lowest BCUT2D eigenvalue weighted by Crippen LogP contribution is -2.23. The minimum atomic E-state index is -4.51. The van der Waals surface area contributed by atoms with Crippen molar-refractivity contribution in [3.8, 4) is 0 Å². The molecule has 0 fully saturated rings. The highest BCUT2D eigenvalue weighted by Gasteiger charge is 2.29. The van der Waals surface area contributed by atoms with Crippen molar-refractivity contribution in [2.45, 2.75) is 19.5 Å². The molecule has 0 atom stereocenters. The molecule has 0 spiro atoms. The van der Waals surface area contributed by atoms with Crippen LogP contribution >= 0.6 is 0 Å². The molecule has 0 radical (unpaired) electrons. The van der Waals surface area contributed by atoms with E-state index >= 15 is 0 Å². The molecular formula is C11H12F3NO2. The van der Waals surface area contributed by atoms with Crippen LogP contribution in [0.1, 0.15) is 12.5 Å². The molecular weight excluding hydrogens is 235 g/mol. The summed E-state index contributed by atoms with van der Waals surface area (Å²) < 4.78 is 39.4. The van der Waals surface area contributed by atoms with E-state index in [0.29, 0.717) is 12.1 Å². The van der Waals surface area contributed by atoms with Crippen molar-refractivity contribution in [2.75, 3.05) is 11.9 Å². The molecule has 0 saturated heterocycles. The molecule has 0 aliphatic carbocycles. The SMILES string of the molecule is CCc1ccccc1NC(=O)OCC(F)(F)F. The van der Waals surface area contributed by atoms with Crippen LogP contribution in [0.4, 0.5) is 23.7 Å². The molecule has 6 heteroatoms. The van der Waals surface area contributed by atoms with Crippen molar-refractivity contribution in [1.29, 1.82) is 0 Å². The van der Waals surface area contributed by atoms with Gasteiger partial charge < -0.3 is 4.74 Å². The summed E-state index contributed by atoms with van der Waals surface area (Å²) in [4.78, 5) is 11.1. The van der Waals surface area contributed by atoms with Crippen LogP contribution in [-0.4, -0.2) is 18.9 Å². The van der Waals surface area contributed by atoms with E-state index < -0.39 is 18.9 Å². The first-order valence-corrected chi connectivity index (χ1v) is 5.01. The van der Waals surface area contributed by atoms with Gasteiger partial charge in [-0.15, -0.1) is 0 Å². The zero-order valence-electron chi connectivity index (χ0n) is 9.17. The van der Waals surface area contributed by atoms with Crippen LogP contribution in [-0.2, 0) is 11.2 Å². The normalized spacial score (nSPS) is 11.1. The van der Waals surface area contributed by atoms with Crippen LogP contribution in [0.3, 0.4) is 0 Å². The number of anilines is 1. The molecule has 0 aromatic heterocycles. The standard InChI is InChI=1S/C11H12F3NO2/c1-2-8-5-3-4-6-9(8)15-10(16)17-7-11(12,13)14/h3-6H,2,7H2,1H3,(H,15,16). The summed E-state index contributed by atoms with van der Waals surface area (Å²) >= 11 is 0. The molecule has 17 heavy (non-hydrogen) atoms. The fourth-order valence-electron chi connectivity index (χ4n) is 1.24. The second-order valence-electron chi connectivity index (χ2n) is 3.33. The lowest BCUT2D eigenvalue weighted by molar-refractivity contribution is -0.159. The number of carbonyl (C=O) groups is 1. The van der Waals surface area contributed by atoms with Crippen molar-refractivity contribution in [3.63, 3.8) is 0 Å². The first-order chi connectivity index (χ1) is 7.92. The topological polar surface area (TPSA) is 38.3 Å². The summed E-state index contributed by atoms with van der Waals surface area (Å²) in [6, 6.07) is 6.84. The first-order valence-electron chi connectivity index (χ1n) is 5.01. The molecule has 0 aliphatic rings. The van der Waals surface area contributed by atoms with E-state index in [9.17, 15) is 18.0 Å². The molecule has 1 aromatic rings. The number of halogens is 3. The van der Waals surface area contributed by atoms with Gasteiger partial charge in [-0.3, -0.25) is 5.32 Å². The molecule has 0 saturated carbocycles. The third kappa shape index (κ3) is 4.76. The Labute approximate surface area is 96.6 Å². The Hall–Kier alpha value is -1.72. The minimum absolute atomic E-state index is 0.460. The monoisotopic (exact) mass is 247 g/mol. The molecule has 0 unspecified atom stereocenters. The molecule has 1 aromatic carbocycles. The summed E-state index contributed by atoms with van der Waals surface area (Å²) in [5, 5.41) is 2.27. The molecule has 0 aliphatic heterocycles. The summed E-state index contributed by atoms with van der Waals surface area (Å²) in [5.74, 6) is 0. The fourth-order valence-corrected chi connectivity index (χ4v) is 1.24. The third-order valence-electron chi connectivity index (χ3n) is 2.00. The Morgan fingerprint density at radius 1 is 1.35 bits per heavy atom. The van der Waals surface area contributed by atoms with E-state index in [1.54, 1.807) is 24.3 Å². The molecule has 94 valence electrons. The van der Waals surface area contributed by atoms with Crippen molar-refractivity contribution >= 4 is 11.8 Å². The molecule has 1 rings (SSSR count). The predicted octanol–water partition coefficient (Wildman–Crippen LogP) is 3.36. The van der Waals surface area contributed by atoms with Gasteiger partial charge in [0.25, 0.3) is 0 Å². The smallest absolute Gasteiger partial charge is 0.422 e. The third-order valence-corrected chi connectivity index (χ3v) is 2.00. The number of benzene rings is 1. The lowest BCUT2D eigenvalue weighted by atomic mass is 10.1. The maximum absolute atomic E-state index is 11.8. The van der Waals surface area contributed by atoms with Gasteiger partial charge in [0.15, 0.2) is 6.61 Å². The Morgan fingerprint density at radius 3 is 2.59 bits per heavy atom. The van der Waals surface area contributed by atoms with Gasteiger partial charge in [-0.25, -0.2) is 4.79 Å². The summed E-state index contributed by atoms with van der Waals surface area (Å²) in [7, 11) is 0. The second kappa shape index (κ2) is 5.56. The zero-order chi connectivity index (χ0) is 12.9. The largest absolute Gasteiger partial charge is 0.440 e. The van der Waals surface area contributed by atoms with Crippen LogP contribution < -0.4 is 5.32 Å². The molecule has 0 bridgehead atoms. The number of carbonyl (C=O) groups excluding carboxylic acids is 1. The van der Waals surface area contributed by atoms with E-state index in [2.05, 4.69) is 10.1 Å². The van der Waals surface area contributed by atoms with Crippen molar-refractivity contribution < 1.29 is 22.7 Å². The Balaban J connectivity index is 2.56. The molecule has 1 amide bonds. The molecule has 3 nitrogen and oxygen atoms in total. The number of aryl methyl sites for hydroxylation is 1. The number of amides is 1. The van der Waals surface area contributed by atoms with Gasteiger partial charge in [-0.1, -0.05) is 25.1 Å². The highest BCUT2D eigenvalue weighted by molar-refractivity contribution is 5.85. The number of ether oxygens (including phenoxy) is 1. The van der Waals surface area contributed by atoms with Gasteiger partial charge in [-0.05, 0) is 18.1 Å². The van der Waals surface area contributed by atoms with Crippen LogP contribution in [0.2, 0.25) is 0 Å². The minimum Gasteiger partial charge on any atom is -0.440 e. The van der Waals surface area contributed by atoms with E-state index in [1.165, 1.54) is 0 Å². The average Bonchev–Trinajstić information content (AvgIpc) is 2.26. The molecule has 1 N–H and O–H groups in total. The van der Waals surface area contributed by atoms with Crippen molar-refractivity contribution in [3.05, 3.63) is 29.8 Å². The summed E-state index contributed by atoms with van der Waals surface area (Å²) in [6.45, 7) is 0.286. The number of rotatable bonds is 3. The predicted molar refractivity (Wildman–Crippen MR) is 56.8 cm³/mol. The van der Waals surface area contributed by atoms with E-state index in [4.69, 9.17) is 0 Å². The fraction of sp³-hybridized carbons (Fsp3) is 0.364. The Kier molecular flexibility index (Phi) is 4.37. The Bertz CT molecular complexity index is 391. The quantitative estimate of drug-likeness (QED) is 0.889. The first kappa shape index (κ1) is 13.3.